The number of hydrogen-bond acceptors (Lipinski definition) is 4. The number of carbonyl (C=O) groups excluding carboxylic acids is 3. The minimum Gasteiger partial charge on any atom is -0.454 e. The van der Waals surface area contributed by atoms with Crippen molar-refractivity contribution in [3.8, 4) is 0 Å². The van der Waals surface area contributed by atoms with Gasteiger partial charge in [0.25, 0.3) is 0 Å². The van der Waals surface area contributed by atoms with E-state index in [1.807, 2.05) is 0 Å². The van der Waals surface area contributed by atoms with E-state index in [4.69, 9.17) is 16.3 Å². The molecule has 2 rings (SSSR count). The van der Waals surface area contributed by atoms with E-state index < -0.39 is 35.6 Å². The highest BCUT2D eigenvalue weighted by Gasteiger charge is 2.22. The maximum Gasteiger partial charge on any atom is 0.340 e. The molecule has 0 aliphatic carbocycles. The lowest BCUT2D eigenvalue weighted by atomic mass is 10.1. The predicted octanol–water partition coefficient (Wildman–Crippen LogP) is 3.81. The highest BCUT2D eigenvalue weighted by molar-refractivity contribution is 6.33. The first kappa shape index (κ1) is 18.8. The van der Waals surface area contributed by atoms with Crippen molar-refractivity contribution in [3.05, 3.63) is 56.9 Å². The van der Waals surface area contributed by atoms with Gasteiger partial charge >= 0.3 is 5.97 Å². The molecular formula is C17H14ClF2NO4. The molecule has 132 valence electrons. The van der Waals surface area contributed by atoms with E-state index >= 15 is 0 Å². The first-order valence-corrected chi connectivity index (χ1v) is 7.56. The molecule has 2 aromatic rings. The Balaban J connectivity index is 2.15. The third-order valence-electron chi connectivity index (χ3n) is 3.63. The molecule has 0 saturated carbocycles. The molecule has 1 aromatic heterocycles. The lowest BCUT2D eigenvalue weighted by Crippen LogP contribution is -2.16. The van der Waals surface area contributed by atoms with E-state index in [9.17, 15) is 23.2 Å². The Morgan fingerprint density at radius 1 is 1.16 bits per heavy atom. The Hall–Kier alpha value is -2.54. The van der Waals surface area contributed by atoms with Crippen LogP contribution in [0.5, 0.6) is 0 Å². The first-order valence-electron chi connectivity index (χ1n) is 7.18. The van der Waals surface area contributed by atoms with Crippen LogP contribution in [0.2, 0.25) is 5.02 Å². The van der Waals surface area contributed by atoms with Gasteiger partial charge in [-0.15, -0.1) is 0 Å². The van der Waals surface area contributed by atoms with Gasteiger partial charge in [0.1, 0.15) is 0 Å². The van der Waals surface area contributed by atoms with Gasteiger partial charge in [0, 0.05) is 11.3 Å². The summed E-state index contributed by atoms with van der Waals surface area (Å²) in [6.45, 7) is 3.98. The molecule has 0 saturated heterocycles. The Morgan fingerprint density at radius 2 is 1.76 bits per heavy atom. The summed E-state index contributed by atoms with van der Waals surface area (Å²) in [6, 6.07) is 1.25. The second-order valence-electron chi connectivity index (χ2n) is 5.43. The third-order valence-corrected chi connectivity index (χ3v) is 3.95. The van der Waals surface area contributed by atoms with Crippen molar-refractivity contribution >= 4 is 29.1 Å². The van der Waals surface area contributed by atoms with Crippen LogP contribution in [0.25, 0.3) is 0 Å². The summed E-state index contributed by atoms with van der Waals surface area (Å²) in [6.07, 6.45) is 0. The normalized spacial score (nSPS) is 10.6. The summed E-state index contributed by atoms with van der Waals surface area (Å²) in [5.74, 6) is -4.29. The fourth-order valence-electron chi connectivity index (χ4n) is 2.52. The van der Waals surface area contributed by atoms with Crippen LogP contribution in [0, 0.1) is 25.5 Å². The minimum atomic E-state index is -1.26. The van der Waals surface area contributed by atoms with E-state index in [1.165, 1.54) is 6.92 Å². The van der Waals surface area contributed by atoms with Crippen LogP contribution in [0.4, 0.5) is 8.78 Å². The summed E-state index contributed by atoms with van der Waals surface area (Å²) >= 11 is 5.68. The number of H-pyrrole nitrogens is 1. The quantitative estimate of drug-likeness (QED) is 0.494. The SMILES string of the molecule is CC(=O)c1c(C)[nH]c(C(=O)COC(=O)c2cc(F)c(F)cc2Cl)c1C. The van der Waals surface area contributed by atoms with Crippen LogP contribution >= 0.6 is 11.6 Å². The van der Waals surface area contributed by atoms with Crippen molar-refractivity contribution in [1.82, 2.24) is 4.98 Å². The summed E-state index contributed by atoms with van der Waals surface area (Å²) in [5.41, 5.74) is 1.14. The summed E-state index contributed by atoms with van der Waals surface area (Å²) < 4.78 is 31.0. The van der Waals surface area contributed by atoms with Crippen molar-refractivity contribution in [1.29, 1.82) is 0 Å². The van der Waals surface area contributed by atoms with E-state index in [1.54, 1.807) is 13.8 Å². The minimum absolute atomic E-state index is 0.145. The number of nitrogens with one attached hydrogen (secondary N) is 1. The molecule has 0 bridgehead atoms. The number of ether oxygens (including phenoxy) is 1. The maximum atomic E-state index is 13.2. The zero-order valence-electron chi connectivity index (χ0n) is 13.6. The number of hydrogen-bond donors (Lipinski definition) is 1. The van der Waals surface area contributed by atoms with Gasteiger partial charge in [-0.3, -0.25) is 9.59 Å². The zero-order chi connectivity index (χ0) is 18.9. The van der Waals surface area contributed by atoms with Crippen LogP contribution in [-0.4, -0.2) is 29.1 Å². The molecule has 0 atom stereocenters. The average molecular weight is 370 g/mol. The summed E-state index contributed by atoms with van der Waals surface area (Å²) in [5, 5.41) is -0.331. The Kier molecular flexibility index (Phi) is 5.37. The molecule has 8 heteroatoms. The maximum absolute atomic E-state index is 13.2. The van der Waals surface area contributed by atoms with Gasteiger partial charge in [0.2, 0.25) is 5.78 Å². The number of esters is 1. The molecule has 0 aliphatic heterocycles. The molecular weight excluding hydrogens is 356 g/mol. The van der Waals surface area contributed by atoms with Crippen LogP contribution < -0.4 is 0 Å². The van der Waals surface area contributed by atoms with Crippen LogP contribution in [0.1, 0.15) is 49.4 Å². The Morgan fingerprint density at radius 3 is 2.32 bits per heavy atom. The molecule has 1 aromatic carbocycles. The van der Waals surface area contributed by atoms with Crippen LogP contribution in [0.15, 0.2) is 12.1 Å². The van der Waals surface area contributed by atoms with Crippen LogP contribution in [-0.2, 0) is 4.74 Å². The molecule has 5 nitrogen and oxygen atoms in total. The van der Waals surface area contributed by atoms with Crippen molar-refractivity contribution in [2.45, 2.75) is 20.8 Å². The van der Waals surface area contributed by atoms with E-state index in [-0.39, 0.29) is 16.5 Å². The first-order chi connectivity index (χ1) is 11.6. The van der Waals surface area contributed by atoms with Gasteiger partial charge in [-0.2, -0.15) is 0 Å². The molecule has 0 aliphatic rings. The van der Waals surface area contributed by atoms with Crippen molar-refractivity contribution in [2.24, 2.45) is 0 Å². The predicted molar refractivity (Wildman–Crippen MR) is 86.3 cm³/mol. The largest absolute Gasteiger partial charge is 0.454 e. The van der Waals surface area contributed by atoms with E-state index in [0.29, 0.717) is 29.0 Å². The molecule has 0 amide bonds. The highest BCUT2D eigenvalue weighted by atomic mass is 35.5. The molecule has 0 fully saturated rings. The molecule has 1 heterocycles. The average Bonchev–Trinajstić information content (AvgIpc) is 2.83. The third kappa shape index (κ3) is 3.76. The molecule has 0 unspecified atom stereocenters. The second kappa shape index (κ2) is 7.14. The van der Waals surface area contributed by atoms with Gasteiger partial charge in [-0.1, -0.05) is 11.6 Å². The standard InChI is InChI=1S/C17H14ClF2NO4/c1-7-15(9(3)22)8(2)21-16(7)14(23)6-25-17(24)10-4-12(19)13(20)5-11(10)18/h4-5,21H,6H2,1-3H3. The van der Waals surface area contributed by atoms with Gasteiger partial charge in [0.15, 0.2) is 24.0 Å². The van der Waals surface area contributed by atoms with Crippen molar-refractivity contribution < 1.29 is 27.9 Å². The number of rotatable bonds is 5. The number of carbonyl (C=O) groups is 3. The van der Waals surface area contributed by atoms with E-state index in [2.05, 4.69) is 4.98 Å². The Bertz CT molecular complexity index is 889. The fraction of sp³-hybridized carbons (Fsp3) is 0.235. The fourth-order valence-corrected chi connectivity index (χ4v) is 2.74. The zero-order valence-corrected chi connectivity index (χ0v) is 14.4. The summed E-state index contributed by atoms with van der Waals surface area (Å²) in [4.78, 5) is 38.5. The summed E-state index contributed by atoms with van der Waals surface area (Å²) in [7, 11) is 0. The van der Waals surface area contributed by atoms with Crippen molar-refractivity contribution in [3.63, 3.8) is 0 Å². The number of aromatic nitrogens is 1. The van der Waals surface area contributed by atoms with Gasteiger partial charge in [0.05, 0.1) is 16.3 Å². The lowest BCUT2D eigenvalue weighted by Gasteiger charge is -2.06. The number of Topliss-reactive ketones (excluding diaryl/α,β-unsaturated/α-hetero) is 2. The molecule has 0 spiro atoms. The van der Waals surface area contributed by atoms with Gasteiger partial charge in [-0.05, 0) is 38.5 Å². The number of aromatic amines is 1. The van der Waals surface area contributed by atoms with E-state index in [0.717, 1.165) is 0 Å². The molecule has 25 heavy (non-hydrogen) atoms. The van der Waals surface area contributed by atoms with Crippen LogP contribution in [0.3, 0.4) is 0 Å². The molecule has 1 N–H and O–H groups in total. The highest BCUT2D eigenvalue weighted by Crippen LogP contribution is 2.22. The topological polar surface area (TPSA) is 76.2 Å². The smallest absolute Gasteiger partial charge is 0.340 e. The van der Waals surface area contributed by atoms with Crippen molar-refractivity contribution in [2.75, 3.05) is 6.61 Å². The number of halogens is 3. The number of benzene rings is 1. The second-order valence-corrected chi connectivity index (χ2v) is 5.83. The molecule has 0 radical (unpaired) electrons. The Labute approximate surface area is 146 Å². The monoisotopic (exact) mass is 369 g/mol. The number of ketones is 2. The van der Waals surface area contributed by atoms with Gasteiger partial charge in [-0.25, -0.2) is 13.6 Å². The van der Waals surface area contributed by atoms with Gasteiger partial charge < -0.3 is 9.72 Å². The lowest BCUT2D eigenvalue weighted by molar-refractivity contribution is 0.0473. The number of aryl methyl sites for hydroxylation is 1.